The maximum Gasteiger partial charge on any atom is 0.247 e. The molecule has 5 nitrogen and oxygen atoms in total. The average Bonchev–Trinajstić information content (AvgIpc) is 2.70. The normalized spacial score (nSPS) is 25.7. The van der Waals surface area contributed by atoms with E-state index in [0.29, 0.717) is 11.5 Å². The molecule has 0 aliphatic carbocycles. The van der Waals surface area contributed by atoms with Crippen LogP contribution in [0.5, 0.6) is 0 Å². The second-order valence-corrected chi connectivity index (χ2v) is 7.11. The first kappa shape index (κ1) is 14.6. The highest BCUT2D eigenvalue weighted by Gasteiger charge is 2.37. The van der Waals surface area contributed by atoms with Crippen LogP contribution in [-0.4, -0.2) is 24.8 Å². The lowest BCUT2D eigenvalue weighted by molar-refractivity contribution is 0.204. The molecule has 0 aromatic carbocycles. The van der Waals surface area contributed by atoms with Crippen molar-refractivity contribution in [2.75, 3.05) is 0 Å². The summed E-state index contributed by atoms with van der Waals surface area (Å²) in [7, 11) is -3.50. The van der Waals surface area contributed by atoms with Crippen molar-refractivity contribution in [3.63, 3.8) is 0 Å². The summed E-state index contributed by atoms with van der Waals surface area (Å²) in [6, 6.07) is 1.62. The fourth-order valence-corrected chi connectivity index (χ4v) is 4.94. The van der Waals surface area contributed by atoms with Crippen molar-refractivity contribution in [1.29, 1.82) is 0 Å². The minimum absolute atomic E-state index is 0.0318. The maximum atomic E-state index is 12.8. The molecule has 6 heteroatoms. The van der Waals surface area contributed by atoms with E-state index in [1.54, 1.807) is 17.3 Å². The van der Waals surface area contributed by atoms with Gasteiger partial charge in [0, 0.05) is 18.2 Å². The third kappa shape index (κ3) is 2.57. The van der Waals surface area contributed by atoms with Crippen LogP contribution in [-0.2, 0) is 16.6 Å². The van der Waals surface area contributed by atoms with E-state index < -0.39 is 10.0 Å². The molecular formula is C13H22N2O3S. The van der Waals surface area contributed by atoms with Crippen molar-refractivity contribution in [3.05, 3.63) is 17.6 Å². The Morgan fingerprint density at radius 3 is 2.42 bits per heavy atom. The fourth-order valence-electron chi connectivity index (χ4n) is 2.87. The van der Waals surface area contributed by atoms with Gasteiger partial charge in [-0.3, -0.25) is 0 Å². The molecule has 1 saturated heterocycles. The minimum atomic E-state index is -3.50. The third-order valence-corrected chi connectivity index (χ3v) is 6.03. The monoisotopic (exact) mass is 286 g/mol. The first-order valence-corrected chi connectivity index (χ1v) is 8.15. The van der Waals surface area contributed by atoms with E-state index in [0.717, 1.165) is 19.3 Å². The number of nitrogens with zero attached hydrogens (tertiary/aromatic N) is 1. The van der Waals surface area contributed by atoms with Crippen molar-refractivity contribution >= 4 is 10.0 Å². The highest BCUT2D eigenvalue weighted by atomic mass is 32.2. The van der Waals surface area contributed by atoms with Crippen LogP contribution in [0, 0.1) is 6.92 Å². The van der Waals surface area contributed by atoms with Gasteiger partial charge in [-0.1, -0.05) is 6.42 Å². The molecule has 1 aromatic heterocycles. The predicted molar refractivity (Wildman–Crippen MR) is 73.1 cm³/mol. The molecule has 2 heterocycles. The van der Waals surface area contributed by atoms with Gasteiger partial charge >= 0.3 is 0 Å². The lowest BCUT2D eigenvalue weighted by Crippen LogP contribution is -2.47. The summed E-state index contributed by atoms with van der Waals surface area (Å²) in [5.41, 5.74) is 5.51. The molecule has 1 aliphatic rings. The van der Waals surface area contributed by atoms with Crippen LogP contribution in [0.25, 0.3) is 0 Å². The summed E-state index contributed by atoms with van der Waals surface area (Å²) < 4.78 is 32.6. The molecule has 1 aromatic rings. The molecule has 108 valence electrons. The first-order valence-electron chi connectivity index (χ1n) is 6.71. The summed E-state index contributed by atoms with van der Waals surface area (Å²) in [6.45, 7) is 5.81. The molecule has 0 saturated carbocycles. The predicted octanol–water partition coefficient (Wildman–Crippen LogP) is 2.00. The first-order chi connectivity index (χ1) is 8.87. The van der Waals surface area contributed by atoms with Crippen LogP contribution in [0.1, 0.15) is 44.6 Å². The zero-order chi connectivity index (χ0) is 14.2. The quantitative estimate of drug-likeness (QED) is 0.922. The Morgan fingerprint density at radius 1 is 1.37 bits per heavy atom. The number of hydrogen-bond acceptors (Lipinski definition) is 4. The van der Waals surface area contributed by atoms with Gasteiger partial charge in [-0.25, -0.2) is 8.42 Å². The van der Waals surface area contributed by atoms with Gasteiger partial charge in [-0.05, 0) is 33.6 Å². The highest BCUT2D eigenvalue weighted by molar-refractivity contribution is 7.89. The van der Waals surface area contributed by atoms with Crippen molar-refractivity contribution < 1.29 is 12.8 Å². The van der Waals surface area contributed by atoms with Gasteiger partial charge in [-0.15, -0.1) is 0 Å². The van der Waals surface area contributed by atoms with E-state index in [9.17, 15) is 8.42 Å². The Bertz CT molecular complexity index is 540. The van der Waals surface area contributed by atoms with Gasteiger partial charge in [0.1, 0.15) is 16.4 Å². The minimum Gasteiger partial charge on any atom is -0.464 e. The standard InChI is InChI=1S/C13H22N2O3S/c1-9-5-4-6-10(2)15(9)19(16,17)13-7-12(8-14)18-11(13)3/h7,9-10H,4-6,8,14H2,1-3H3. The van der Waals surface area contributed by atoms with E-state index in [1.165, 1.54) is 0 Å². The molecule has 1 aliphatic heterocycles. The second-order valence-electron chi connectivity index (χ2n) is 5.30. The Labute approximate surface area is 114 Å². The van der Waals surface area contributed by atoms with Crippen LogP contribution in [0.15, 0.2) is 15.4 Å². The second kappa shape index (κ2) is 5.26. The molecule has 0 amide bonds. The van der Waals surface area contributed by atoms with Crippen molar-refractivity contribution in [3.8, 4) is 0 Å². The molecule has 0 spiro atoms. The van der Waals surface area contributed by atoms with E-state index >= 15 is 0 Å². The number of nitrogens with two attached hydrogens (primary N) is 1. The molecule has 19 heavy (non-hydrogen) atoms. The third-order valence-electron chi connectivity index (χ3n) is 3.79. The van der Waals surface area contributed by atoms with Crippen molar-refractivity contribution in [2.24, 2.45) is 5.73 Å². The zero-order valence-electron chi connectivity index (χ0n) is 11.7. The molecule has 2 rings (SSSR count). The Hall–Kier alpha value is -0.850. The Kier molecular flexibility index (Phi) is 4.03. The van der Waals surface area contributed by atoms with Gasteiger partial charge in [0.25, 0.3) is 0 Å². The van der Waals surface area contributed by atoms with Crippen molar-refractivity contribution in [2.45, 2.75) is 63.6 Å². The fraction of sp³-hybridized carbons (Fsp3) is 0.692. The molecule has 0 radical (unpaired) electrons. The van der Waals surface area contributed by atoms with E-state index in [4.69, 9.17) is 10.2 Å². The molecule has 0 bridgehead atoms. The largest absolute Gasteiger partial charge is 0.464 e. The number of piperidine rings is 1. The molecular weight excluding hydrogens is 264 g/mol. The number of hydrogen-bond donors (Lipinski definition) is 1. The topological polar surface area (TPSA) is 76.5 Å². The molecule has 2 atom stereocenters. The van der Waals surface area contributed by atoms with Crippen LogP contribution in [0.3, 0.4) is 0 Å². The Morgan fingerprint density at radius 2 is 1.95 bits per heavy atom. The zero-order valence-corrected chi connectivity index (χ0v) is 12.5. The summed E-state index contributed by atoms with van der Waals surface area (Å²) in [5.74, 6) is 0.929. The smallest absolute Gasteiger partial charge is 0.247 e. The number of furan rings is 1. The number of aryl methyl sites for hydroxylation is 1. The lowest BCUT2D eigenvalue weighted by atomic mass is 10.0. The SMILES string of the molecule is Cc1oc(CN)cc1S(=O)(=O)N1C(C)CCCC1C. The van der Waals surface area contributed by atoms with Crippen molar-refractivity contribution in [1.82, 2.24) is 4.31 Å². The van der Waals surface area contributed by atoms with Crippen LogP contribution in [0.4, 0.5) is 0 Å². The van der Waals surface area contributed by atoms with Crippen LogP contribution in [0.2, 0.25) is 0 Å². The van der Waals surface area contributed by atoms with Gasteiger partial charge in [-0.2, -0.15) is 4.31 Å². The Balaban J connectivity index is 2.43. The van der Waals surface area contributed by atoms with Crippen LogP contribution >= 0.6 is 0 Å². The number of rotatable bonds is 3. The van der Waals surface area contributed by atoms with E-state index in [-0.39, 0.29) is 23.5 Å². The van der Waals surface area contributed by atoms with Crippen LogP contribution < -0.4 is 5.73 Å². The average molecular weight is 286 g/mol. The van der Waals surface area contributed by atoms with Gasteiger partial charge < -0.3 is 10.2 Å². The van der Waals surface area contributed by atoms with E-state index in [1.807, 2.05) is 13.8 Å². The number of sulfonamides is 1. The molecule has 2 unspecified atom stereocenters. The summed E-state index contributed by atoms with van der Waals surface area (Å²) in [6.07, 6.45) is 2.89. The summed E-state index contributed by atoms with van der Waals surface area (Å²) in [4.78, 5) is 0.258. The maximum absolute atomic E-state index is 12.8. The van der Waals surface area contributed by atoms with Gasteiger partial charge in [0.05, 0.1) is 6.54 Å². The molecule has 1 fully saturated rings. The summed E-state index contributed by atoms with van der Waals surface area (Å²) >= 11 is 0. The lowest BCUT2D eigenvalue weighted by Gasteiger charge is -2.37. The highest BCUT2D eigenvalue weighted by Crippen LogP contribution is 2.31. The molecule has 2 N–H and O–H groups in total. The van der Waals surface area contributed by atoms with E-state index in [2.05, 4.69) is 0 Å². The summed E-state index contributed by atoms with van der Waals surface area (Å²) in [5, 5.41) is 0. The van der Waals surface area contributed by atoms with Gasteiger partial charge in [0.15, 0.2) is 0 Å². The van der Waals surface area contributed by atoms with Gasteiger partial charge in [0.2, 0.25) is 10.0 Å².